The van der Waals surface area contributed by atoms with Crippen LogP contribution in [0.25, 0.3) is 0 Å². The number of hydrogen-bond donors (Lipinski definition) is 0. The molecule has 112 valence electrons. The summed E-state index contributed by atoms with van der Waals surface area (Å²) in [7, 11) is 0. The normalized spacial score (nSPS) is 20.1. The lowest BCUT2D eigenvalue weighted by atomic mass is 10.1. The van der Waals surface area contributed by atoms with E-state index in [9.17, 15) is 4.79 Å². The Morgan fingerprint density at radius 1 is 1.00 bits per heavy atom. The number of benzene rings is 2. The van der Waals surface area contributed by atoms with Gasteiger partial charge in [0.2, 0.25) is 0 Å². The monoisotopic (exact) mass is 293 g/mol. The Bertz CT molecular complexity index is 700. The number of carbonyl (C=O) groups is 1. The molecule has 0 saturated carbocycles. The number of carbonyl (C=O) groups excluding carboxylic acids is 1. The molecule has 0 radical (unpaired) electrons. The van der Waals surface area contributed by atoms with Gasteiger partial charge in [-0.25, -0.2) is 0 Å². The lowest BCUT2D eigenvalue weighted by molar-refractivity contribution is -0.119. The van der Waals surface area contributed by atoms with E-state index in [-0.39, 0.29) is 11.9 Å². The average Bonchev–Trinajstić information content (AvgIpc) is 3.02. The van der Waals surface area contributed by atoms with E-state index in [1.165, 1.54) is 5.69 Å². The van der Waals surface area contributed by atoms with Crippen LogP contribution < -0.4 is 14.7 Å². The molecule has 2 aliphatic heterocycles. The maximum Gasteiger partial charge on any atom is 0.251 e. The molecule has 1 saturated heterocycles. The molecule has 0 aliphatic carbocycles. The maximum absolute atomic E-state index is 12.8. The largest absolute Gasteiger partial charge is 0.351 e. The molecule has 1 atom stereocenters. The highest BCUT2D eigenvalue weighted by atomic mass is 16.2. The number of anilines is 3. The van der Waals surface area contributed by atoms with Crippen LogP contribution in [0.1, 0.15) is 6.92 Å². The van der Waals surface area contributed by atoms with E-state index >= 15 is 0 Å². The van der Waals surface area contributed by atoms with E-state index in [0.29, 0.717) is 6.54 Å². The van der Waals surface area contributed by atoms with Crippen molar-refractivity contribution in [1.29, 1.82) is 0 Å². The number of likely N-dealkylation sites (N-methyl/N-ethyl adjacent to an activating group) is 1. The van der Waals surface area contributed by atoms with Crippen molar-refractivity contribution < 1.29 is 4.79 Å². The third-order valence-corrected chi connectivity index (χ3v) is 4.56. The molecule has 1 amide bonds. The fourth-order valence-electron chi connectivity index (χ4n) is 3.49. The van der Waals surface area contributed by atoms with Crippen LogP contribution in [0, 0.1) is 0 Å². The molecule has 22 heavy (non-hydrogen) atoms. The first kappa shape index (κ1) is 13.2. The van der Waals surface area contributed by atoms with Gasteiger partial charge >= 0.3 is 0 Å². The van der Waals surface area contributed by atoms with Gasteiger partial charge in [0.15, 0.2) is 0 Å². The minimum atomic E-state index is -0.0879. The highest BCUT2D eigenvalue weighted by molar-refractivity contribution is 6.06. The fraction of sp³-hybridized carbons (Fsp3) is 0.278. The third kappa shape index (κ3) is 1.87. The predicted octanol–water partition coefficient (Wildman–Crippen LogP) is 2.71. The van der Waals surface area contributed by atoms with Crippen LogP contribution in [0.2, 0.25) is 0 Å². The summed E-state index contributed by atoms with van der Waals surface area (Å²) in [5.74, 6) is 0.208. The van der Waals surface area contributed by atoms with Gasteiger partial charge in [0.05, 0.1) is 18.0 Å². The number of fused-ring (bicyclic) bond motifs is 3. The fourth-order valence-corrected chi connectivity index (χ4v) is 3.49. The van der Waals surface area contributed by atoms with E-state index in [1.807, 2.05) is 48.2 Å². The van der Waals surface area contributed by atoms with Crippen LogP contribution >= 0.6 is 0 Å². The molecule has 2 aliphatic rings. The Kier molecular flexibility index (Phi) is 3.03. The van der Waals surface area contributed by atoms with Crippen LogP contribution in [0.5, 0.6) is 0 Å². The first-order chi connectivity index (χ1) is 10.8. The van der Waals surface area contributed by atoms with Crippen molar-refractivity contribution in [2.24, 2.45) is 0 Å². The van der Waals surface area contributed by atoms with Gasteiger partial charge in [0.25, 0.3) is 5.91 Å². The molecule has 0 bridgehead atoms. The molecule has 2 aromatic carbocycles. The summed E-state index contributed by atoms with van der Waals surface area (Å²) >= 11 is 0. The van der Waals surface area contributed by atoms with Crippen LogP contribution in [0.4, 0.5) is 17.1 Å². The smallest absolute Gasteiger partial charge is 0.251 e. The molecule has 0 aromatic heterocycles. The van der Waals surface area contributed by atoms with Crippen LogP contribution in [0.15, 0.2) is 54.6 Å². The summed E-state index contributed by atoms with van der Waals surface area (Å²) in [6.07, 6.45) is 0. The highest BCUT2D eigenvalue weighted by Gasteiger charge is 2.43. The van der Waals surface area contributed by atoms with E-state index in [4.69, 9.17) is 0 Å². The van der Waals surface area contributed by atoms with Crippen molar-refractivity contribution in [2.75, 3.05) is 34.5 Å². The van der Waals surface area contributed by atoms with Crippen molar-refractivity contribution >= 4 is 23.0 Å². The van der Waals surface area contributed by atoms with Gasteiger partial charge in [0, 0.05) is 18.8 Å². The molecule has 4 nitrogen and oxygen atoms in total. The molecule has 2 heterocycles. The zero-order chi connectivity index (χ0) is 15.1. The molecular formula is C18H19N3O. The van der Waals surface area contributed by atoms with Gasteiger partial charge in [0.1, 0.15) is 6.04 Å². The maximum atomic E-state index is 12.8. The van der Waals surface area contributed by atoms with Gasteiger partial charge in [-0.1, -0.05) is 30.3 Å². The topological polar surface area (TPSA) is 26.8 Å². The third-order valence-electron chi connectivity index (χ3n) is 4.56. The lowest BCUT2D eigenvalue weighted by Crippen LogP contribution is -2.51. The molecule has 0 N–H and O–H groups in total. The van der Waals surface area contributed by atoms with Gasteiger partial charge in [-0.3, -0.25) is 4.79 Å². The van der Waals surface area contributed by atoms with Crippen molar-refractivity contribution in [3.05, 3.63) is 54.6 Å². The summed E-state index contributed by atoms with van der Waals surface area (Å²) < 4.78 is 0. The van der Waals surface area contributed by atoms with Crippen molar-refractivity contribution in [3.63, 3.8) is 0 Å². The van der Waals surface area contributed by atoms with Crippen molar-refractivity contribution in [1.82, 2.24) is 0 Å². The predicted molar refractivity (Wildman–Crippen MR) is 89.4 cm³/mol. The Labute approximate surface area is 130 Å². The molecule has 1 unspecified atom stereocenters. The number of rotatable bonds is 2. The van der Waals surface area contributed by atoms with E-state index in [1.54, 1.807) is 0 Å². The van der Waals surface area contributed by atoms with Gasteiger partial charge in [-0.05, 0) is 31.2 Å². The van der Waals surface area contributed by atoms with E-state index in [2.05, 4.69) is 28.0 Å². The first-order valence-corrected chi connectivity index (χ1v) is 7.76. The number of hydrogen-bond acceptors (Lipinski definition) is 3. The van der Waals surface area contributed by atoms with Crippen molar-refractivity contribution in [3.8, 4) is 0 Å². The Balaban J connectivity index is 1.73. The number of nitrogens with zero attached hydrogens (tertiary/aromatic N) is 3. The van der Waals surface area contributed by atoms with Crippen molar-refractivity contribution in [2.45, 2.75) is 13.0 Å². The molecule has 0 spiro atoms. The van der Waals surface area contributed by atoms with Gasteiger partial charge < -0.3 is 14.7 Å². The first-order valence-electron chi connectivity index (χ1n) is 7.76. The quantitative estimate of drug-likeness (QED) is 0.852. The van der Waals surface area contributed by atoms with E-state index < -0.39 is 0 Å². The molecule has 4 heteroatoms. The summed E-state index contributed by atoms with van der Waals surface area (Å²) in [6, 6.07) is 18.4. The number of amides is 1. The Morgan fingerprint density at radius 2 is 1.68 bits per heavy atom. The summed E-state index contributed by atoms with van der Waals surface area (Å²) in [6.45, 7) is 4.25. The Morgan fingerprint density at radius 3 is 2.41 bits per heavy atom. The average molecular weight is 293 g/mol. The van der Waals surface area contributed by atoms with Crippen LogP contribution in [-0.4, -0.2) is 31.7 Å². The zero-order valence-electron chi connectivity index (χ0n) is 12.6. The number of para-hydroxylation sites is 3. The standard InChI is InChI=1S/C18H19N3O/c1-2-20-15-10-6-7-11-16(15)21-13-19(12-17(21)18(20)22)14-8-4-3-5-9-14/h3-11,17H,2,12-13H2,1H3. The second kappa shape index (κ2) is 5.05. The van der Waals surface area contributed by atoms with Gasteiger partial charge in [-0.2, -0.15) is 0 Å². The second-order valence-corrected chi connectivity index (χ2v) is 5.76. The van der Waals surface area contributed by atoms with E-state index in [0.717, 1.165) is 24.6 Å². The molecule has 2 aromatic rings. The summed E-state index contributed by atoms with van der Waals surface area (Å²) in [5, 5.41) is 0. The van der Waals surface area contributed by atoms with Gasteiger partial charge in [-0.15, -0.1) is 0 Å². The SMILES string of the molecule is CCN1C(=O)C2CN(c3ccccc3)CN2c2ccccc21. The molecule has 4 rings (SSSR count). The van der Waals surface area contributed by atoms with Crippen LogP contribution in [-0.2, 0) is 4.79 Å². The molecular weight excluding hydrogens is 274 g/mol. The minimum absolute atomic E-state index is 0.0879. The minimum Gasteiger partial charge on any atom is -0.351 e. The molecule has 1 fully saturated rings. The Hall–Kier alpha value is -2.49. The summed E-state index contributed by atoms with van der Waals surface area (Å²) in [5.41, 5.74) is 3.36. The lowest BCUT2D eigenvalue weighted by Gasteiger charge is -2.38. The zero-order valence-corrected chi connectivity index (χ0v) is 12.6. The van der Waals surface area contributed by atoms with Crippen LogP contribution in [0.3, 0.4) is 0 Å². The summed E-state index contributed by atoms with van der Waals surface area (Å²) in [4.78, 5) is 19.3. The highest BCUT2D eigenvalue weighted by Crippen LogP contribution is 2.39. The second-order valence-electron chi connectivity index (χ2n) is 5.76.